The molecule has 1 unspecified atom stereocenters. The molecule has 0 radical (unpaired) electrons. The van der Waals surface area contributed by atoms with Gasteiger partial charge in [-0.15, -0.1) is 11.3 Å². The second-order valence-corrected chi connectivity index (χ2v) is 7.82. The van der Waals surface area contributed by atoms with Crippen molar-refractivity contribution in [3.63, 3.8) is 0 Å². The van der Waals surface area contributed by atoms with Gasteiger partial charge in [-0.3, -0.25) is 4.79 Å². The van der Waals surface area contributed by atoms with Crippen LogP contribution in [0.5, 0.6) is 0 Å². The minimum Gasteiger partial charge on any atom is -0.334 e. The molecule has 2 fully saturated rings. The largest absolute Gasteiger partial charge is 0.334 e. The maximum absolute atomic E-state index is 12.6. The lowest BCUT2D eigenvalue weighted by atomic mass is 10.2. The van der Waals surface area contributed by atoms with Crippen LogP contribution in [0, 0.1) is 0 Å². The van der Waals surface area contributed by atoms with Crippen LogP contribution in [0.3, 0.4) is 0 Å². The van der Waals surface area contributed by atoms with Crippen molar-refractivity contribution in [2.45, 2.75) is 42.9 Å². The first-order valence-electron chi connectivity index (χ1n) is 7.81. The van der Waals surface area contributed by atoms with Gasteiger partial charge in [0.05, 0.1) is 11.8 Å². The second kappa shape index (κ2) is 6.08. The Morgan fingerprint density at radius 3 is 3.09 bits per heavy atom. The Labute approximate surface area is 138 Å². The van der Waals surface area contributed by atoms with E-state index in [1.807, 2.05) is 12.4 Å². The van der Waals surface area contributed by atoms with E-state index in [4.69, 9.17) is 0 Å². The predicted octanol–water partition coefficient (Wildman–Crippen LogP) is 3.74. The van der Waals surface area contributed by atoms with E-state index in [1.54, 1.807) is 23.1 Å². The van der Waals surface area contributed by atoms with Crippen molar-refractivity contribution in [1.29, 1.82) is 0 Å². The van der Waals surface area contributed by atoms with Crippen LogP contribution in [0.25, 0.3) is 0 Å². The van der Waals surface area contributed by atoms with Crippen molar-refractivity contribution in [1.82, 2.24) is 14.5 Å². The number of nitrogens with zero attached hydrogens (tertiary/aromatic N) is 3. The molecule has 1 saturated heterocycles. The Bertz CT molecular complexity index is 648. The molecule has 4 rings (SSSR count). The summed E-state index contributed by atoms with van der Waals surface area (Å²) in [6.45, 7) is 0.888. The van der Waals surface area contributed by atoms with E-state index in [1.165, 1.54) is 17.7 Å². The highest BCUT2D eigenvalue weighted by molar-refractivity contribution is 7.99. The van der Waals surface area contributed by atoms with Crippen LogP contribution < -0.4 is 0 Å². The smallest absolute Gasteiger partial charge is 0.233 e. The number of thiophene rings is 1. The van der Waals surface area contributed by atoms with E-state index in [-0.39, 0.29) is 11.9 Å². The van der Waals surface area contributed by atoms with Crippen molar-refractivity contribution < 1.29 is 4.79 Å². The molecule has 4 nitrogen and oxygen atoms in total. The Morgan fingerprint density at radius 1 is 1.41 bits per heavy atom. The molecule has 1 amide bonds. The summed E-state index contributed by atoms with van der Waals surface area (Å²) in [5.41, 5.74) is 0. The Hall–Kier alpha value is -1.27. The standard InChI is InChI=1S/C16H19N3OS2/c20-15(11-22-16-17-7-9-18(16)12-5-6-12)19-8-1-3-13(19)14-4-2-10-21-14/h2,4,7,9-10,12-13H,1,3,5-6,8,11H2. The number of aromatic nitrogens is 2. The van der Waals surface area contributed by atoms with E-state index in [9.17, 15) is 4.79 Å². The molecule has 2 aromatic rings. The fourth-order valence-electron chi connectivity index (χ4n) is 3.09. The molecule has 2 aromatic heterocycles. The molecule has 0 bridgehead atoms. The number of carbonyl (C=O) groups is 1. The third-order valence-corrected chi connectivity index (χ3v) is 6.28. The van der Waals surface area contributed by atoms with E-state index < -0.39 is 0 Å². The highest BCUT2D eigenvalue weighted by Crippen LogP contribution is 2.38. The van der Waals surface area contributed by atoms with Crippen LogP contribution in [0.1, 0.15) is 42.6 Å². The van der Waals surface area contributed by atoms with Crippen molar-refractivity contribution in [3.05, 3.63) is 34.8 Å². The topological polar surface area (TPSA) is 38.1 Å². The van der Waals surface area contributed by atoms with Crippen LogP contribution in [0.15, 0.2) is 35.1 Å². The molecule has 2 aliphatic rings. The van der Waals surface area contributed by atoms with Gasteiger partial charge in [0.2, 0.25) is 5.91 Å². The molecule has 1 aliphatic carbocycles. The van der Waals surface area contributed by atoms with Crippen LogP contribution in [0.2, 0.25) is 0 Å². The maximum Gasteiger partial charge on any atom is 0.233 e. The zero-order valence-electron chi connectivity index (χ0n) is 12.4. The van der Waals surface area contributed by atoms with Crippen molar-refractivity contribution in [3.8, 4) is 0 Å². The van der Waals surface area contributed by atoms with Gasteiger partial charge in [-0.2, -0.15) is 0 Å². The second-order valence-electron chi connectivity index (χ2n) is 5.90. The monoisotopic (exact) mass is 333 g/mol. The first kappa shape index (κ1) is 14.3. The van der Waals surface area contributed by atoms with Crippen LogP contribution in [-0.2, 0) is 4.79 Å². The van der Waals surface area contributed by atoms with Gasteiger partial charge in [0.15, 0.2) is 5.16 Å². The minimum absolute atomic E-state index is 0.242. The molecule has 1 aliphatic heterocycles. The van der Waals surface area contributed by atoms with E-state index in [2.05, 4.69) is 32.0 Å². The lowest BCUT2D eigenvalue weighted by Crippen LogP contribution is -2.31. The molecular weight excluding hydrogens is 314 g/mol. The van der Waals surface area contributed by atoms with Gasteiger partial charge in [-0.05, 0) is 37.1 Å². The minimum atomic E-state index is 0.242. The Balaban J connectivity index is 1.40. The number of imidazole rings is 1. The lowest BCUT2D eigenvalue weighted by molar-refractivity contribution is -0.129. The molecule has 0 N–H and O–H groups in total. The van der Waals surface area contributed by atoms with E-state index in [0.717, 1.165) is 24.5 Å². The van der Waals surface area contributed by atoms with Crippen molar-refractivity contribution >= 4 is 29.0 Å². The average Bonchev–Trinajstić information content (AvgIpc) is 3.02. The van der Waals surface area contributed by atoms with Gasteiger partial charge in [-0.1, -0.05) is 17.8 Å². The maximum atomic E-state index is 12.6. The molecule has 0 aromatic carbocycles. The quantitative estimate of drug-likeness (QED) is 0.783. The van der Waals surface area contributed by atoms with Crippen LogP contribution in [0.4, 0.5) is 0 Å². The molecule has 22 heavy (non-hydrogen) atoms. The normalized spacial score (nSPS) is 21.5. The van der Waals surface area contributed by atoms with Crippen LogP contribution >= 0.6 is 23.1 Å². The SMILES string of the molecule is O=C(CSc1nccn1C1CC1)N1CCCC1c1cccs1. The number of carbonyl (C=O) groups excluding carboxylic acids is 1. The predicted molar refractivity (Wildman–Crippen MR) is 89.2 cm³/mol. The van der Waals surface area contributed by atoms with E-state index in [0.29, 0.717) is 11.8 Å². The number of likely N-dealkylation sites (tertiary alicyclic amines) is 1. The first-order chi connectivity index (χ1) is 10.8. The first-order valence-corrected chi connectivity index (χ1v) is 9.68. The van der Waals surface area contributed by atoms with Gasteiger partial charge < -0.3 is 9.47 Å². The molecule has 1 saturated carbocycles. The third kappa shape index (κ3) is 2.82. The zero-order valence-corrected chi connectivity index (χ0v) is 14.0. The highest BCUT2D eigenvalue weighted by Gasteiger charge is 2.31. The average molecular weight is 333 g/mol. The fraction of sp³-hybridized carbons (Fsp3) is 0.500. The summed E-state index contributed by atoms with van der Waals surface area (Å²) in [5, 5.41) is 3.08. The molecule has 116 valence electrons. The fourth-order valence-corrected chi connectivity index (χ4v) is 4.88. The lowest BCUT2D eigenvalue weighted by Gasteiger charge is -2.23. The van der Waals surface area contributed by atoms with Crippen molar-refractivity contribution in [2.24, 2.45) is 0 Å². The molecule has 6 heteroatoms. The number of hydrogen-bond donors (Lipinski definition) is 0. The zero-order chi connectivity index (χ0) is 14.9. The summed E-state index contributed by atoms with van der Waals surface area (Å²) in [5.74, 6) is 0.734. The summed E-state index contributed by atoms with van der Waals surface area (Å²) < 4.78 is 2.22. The molecule has 3 heterocycles. The van der Waals surface area contributed by atoms with E-state index >= 15 is 0 Å². The van der Waals surface area contributed by atoms with Gasteiger partial charge >= 0.3 is 0 Å². The number of amides is 1. The summed E-state index contributed by atoms with van der Waals surface area (Å²) in [7, 11) is 0. The van der Waals surface area contributed by atoms with Gasteiger partial charge in [0, 0.05) is 29.9 Å². The van der Waals surface area contributed by atoms with Gasteiger partial charge in [0.25, 0.3) is 0 Å². The number of hydrogen-bond acceptors (Lipinski definition) is 4. The van der Waals surface area contributed by atoms with Gasteiger partial charge in [-0.25, -0.2) is 4.98 Å². The number of thioether (sulfide) groups is 1. The molecular formula is C16H19N3OS2. The summed E-state index contributed by atoms with van der Waals surface area (Å²) >= 11 is 3.33. The number of rotatable bonds is 5. The van der Waals surface area contributed by atoms with Crippen molar-refractivity contribution in [2.75, 3.05) is 12.3 Å². The van der Waals surface area contributed by atoms with Crippen LogP contribution in [-0.4, -0.2) is 32.7 Å². The summed E-state index contributed by atoms with van der Waals surface area (Å²) in [6, 6.07) is 5.12. The summed E-state index contributed by atoms with van der Waals surface area (Å²) in [6.07, 6.45) is 8.56. The Morgan fingerprint density at radius 2 is 2.32 bits per heavy atom. The molecule has 0 spiro atoms. The van der Waals surface area contributed by atoms with Gasteiger partial charge in [0.1, 0.15) is 0 Å². The molecule has 1 atom stereocenters. The highest BCUT2D eigenvalue weighted by atomic mass is 32.2. The summed E-state index contributed by atoms with van der Waals surface area (Å²) in [4.78, 5) is 20.4. The third-order valence-electron chi connectivity index (χ3n) is 4.34. The Kier molecular flexibility index (Phi) is 3.96.